The lowest BCUT2D eigenvalue weighted by Gasteiger charge is -2.17. The van der Waals surface area contributed by atoms with Gasteiger partial charge in [-0.25, -0.2) is 0 Å². The lowest BCUT2D eigenvalue weighted by Crippen LogP contribution is -2.18. The van der Waals surface area contributed by atoms with Crippen molar-refractivity contribution < 1.29 is 23.4 Å². The molecule has 102 valence electrons. The summed E-state index contributed by atoms with van der Waals surface area (Å²) in [6.45, 7) is 0. The molecule has 0 radical (unpaired) electrons. The van der Waals surface area contributed by atoms with Gasteiger partial charge in [0.25, 0.3) is 0 Å². The summed E-state index contributed by atoms with van der Waals surface area (Å²) in [5.41, 5.74) is -3.97. The van der Waals surface area contributed by atoms with E-state index in [4.69, 9.17) is 11.6 Å². The average Bonchev–Trinajstić information content (AvgIpc) is 2.27. The van der Waals surface area contributed by atoms with Gasteiger partial charge in [0, 0.05) is 10.8 Å². The normalized spacial score (nSPS) is 15.4. The maximum absolute atomic E-state index is 12.1. The van der Waals surface area contributed by atoms with Gasteiger partial charge in [0.15, 0.2) is 0 Å². The van der Waals surface area contributed by atoms with Gasteiger partial charge in [-0.15, -0.1) is 11.6 Å². The molecule has 0 aliphatic carbocycles. The molecule has 1 rings (SSSR count). The minimum Gasteiger partial charge on any atom is -0.390 e. The summed E-state index contributed by atoms with van der Waals surface area (Å²) in [5, 5.41) is 19.2. The molecule has 0 aromatic heterocycles. The van der Waals surface area contributed by atoms with E-state index in [9.17, 15) is 23.4 Å². The van der Waals surface area contributed by atoms with Crippen LogP contribution in [0.15, 0.2) is 29.2 Å². The van der Waals surface area contributed by atoms with Crippen LogP contribution in [0, 0.1) is 0 Å². The van der Waals surface area contributed by atoms with Crippen molar-refractivity contribution in [3.63, 3.8) is 0 Å². The monoisotopic (exact) mass is 300 g/mol. The summed E-state index contributed by atoms with van der Waals surface area (Å²) in [6, 6.07) is 5.22. The highest BCUT2D eigenvalue weighted by Crippen LogP contribution is 2.37. The Morgan fingerprint density at radius 3 is 2.17 bits per heavy atom. The van der Waals surface area contributed by atoms with Crippen LogP contribution in [-0.4, -0.2) is 27.7 Å². The SMILES string of the molecule is OC(CCCl)C(O)c1ccc(SC(F)(F)F)cc1. The molecule has 0 aliphatic rings. The molecule has 0 bridgehead atoms. The second-order valence-electron chi connectivity index (χ2n) is 3.61. The molecular weight excluding hydrogens is 289 g/mol. The van der Waals surface area contributed by atoms with Crippen LogP contribution in [0.2, 0.25) is 0 Å². The molecule has 0 amide bonds. The second kappa shape index (κ2) is 6.65. The van der Waals surface area contributed by atoms with Crippen molar-refractivity contribution in [1.29, 1.82) is 0 Å². The lowest BCUT2D eigenvalue weighted by atomic mass is 10.0. The Bertz CT molecular complexity index is 370. The number of hydrogen-bond donors (Lipinski definition) is 2. The van der Waals surface area contributed by atoms with Crippen LogP contribution in [0.3, 0.4) is 0 Å². The number of rotatable bonds is 5. The maximum Gasteiger partial charge on any atom is 0.446 e. The number of aliphatic hydroxyl groups excluding tert-OH is 2. The third-order valence-electron chi connectivity index (χ3n) is 2.22. The number of aliphatic hydroxyl groups is 2. The van der Waals surface area contributed by atoms with Gasteiger partial charge in [-0.05, 0) is 35.9 Å². The first-order valence-electron chi connectivity index (χ1n) is 5.11. The fourth-order valence-corrected chi connectivity index (χ4v) is 2.12. The largest absolute Gasteiger partial charge is 0.446 e. The summed E-state index contributed by atoms with van der Waals surface area (Å²) >= 11 is 5.20. The molecular formula is C11H12ClF3O2S. The van der Waals surface area contributed by atoms with E-state index in [1.807, 2.05) is 0 Å². The van der Waals surface area contributed by atoms with Crippen molar-refractivity contribution in [3.8, 4) is 0 Å². The summed E-state index contributed by atoms with van der Waals surface area (Å²) in [5.74, 6) is 0.195. The van der Waals surface area contributed by atoms with E-state index in [0.29, 0.717) is 5.56 Å². The summed E-state index contributed by atoms with van der Waals surface area (Å²) in [4.78, 5) is 0.0327. The molecule has 7 heteroatoms. The summed E-state index contributed by atoms with van der Waals surface area (Å²) < 4.78 is 36.3. The third kappa shape index (κ3) is 5.06. The molecule has 1 aromatic rings. The Hall–Kier alpha value is -0.430. The zero-order valence-electron chi connectivity index (χ0n) is 9.19. The fraction of sp³-hybridized carbons (Fsp3) is 0.455. The van der Waals surface area contributed by atoms with Gasteiger partial charge >= 0.3 is 5.51 Å². The predicted molar refractivity (Wildman–Crippen MR) is 64.7 cm³/mol. The highest BCUT2D eigenvalue weighted by molar-refractivity contribution is 8.00. The molecule has 0 spiro atoms. The second-order valence-corrected chi connectivity index (χ2v) is 5.12. The number of hydrogen-bond acceptors (Lipinski definition) is 3. The molecule has 0 aliphatic heterocycles. The molecule has 18 heavy (non-hydrogen) atoms. The van der Waals surface area contributed by atoms with Crippen LogP contribution in [0.1, 0.15) is 18.1 Å². The smallest absolute Gasteiger partial charge is 0.390 e. The summed E-state index contributed by atoms with van der Waals surface area (Å²) in [7, 11) is 0. The molecule has 0 saturated carbocycles. The lowest BCUT2D eigenvalue weighted by molar-refractivity contribution is -0.0328. The van der Waals surface area contributed by atoms with Crippen molar-refractivity contribution >= 4 is 23.4 Å². The van der Waals surface area contributed by atoms with Crippen LogP contribution in [0.5, 0.6) is 0 Å². The molecule has 2 nitrogen and oxygen atoms in total. The summed E-state index contributed by atoms with van der Waals surface area (Å²) in [6.07, 6.45) is -1.96. The molecule has 0 saturated heterocycles. The Morgan fingerprint density at radius 1 is 1.17 bits per heavy atom. The van der Waals surface area contributed by atoms with E-state index in [1.54, 1.807) is 0 Å². The van der Waals surface area contributed by atoms with Crippen LogP contribution in [-0.2, 0) is 0 Å². The first-order valence-corrected chi connectivity index (χ1v) is 6.46. The van der Waals surface area contributed by atoms with Gasteiger partial charge in [0.05, 0.1) is 6.10 Å². The molecule has 2 N–H and O–H groups in total. The average molecular weight is 301 g/mol. The maximum atomic E-state index is 12.1. The number of benzene rings is 1. The van der Waals surface area contributed by atoms with Gasteiger partial charge < -0.3 is 10.2 Å². The minimum absolute atomic E-state index is 0.0327. The van der Waals surface area contributed by atoms with E-state index in [0.717, 1.165) is 0 Å². The van der Waals surface area contributed by atoms with Crippen molar-refractivity contribution in [2.45, 2.75) is 29.0 Å². The van der Waals surface area contributed by atoms with Crippen LogP contribution in [0.4, 0.5) is 13.2 Å². The van der Waals surface area contributed by atoms with Gasteiger partial charge in [-0.1, -0.05) is 12.1 Å². The van der Waals surface area contributed by atoms with E-state index >= 15 is 0 Å². The Balaban J connectivity index is 2.70. The Labute approximate surface area is 112 Å². The van der Waals surface area contributed by atoms with Gasteiger partial charge in [-0.3, -0.25) is 0 Å². The fourth-order valence-electron chi connectivity index (χ4n) is 1.36. The third-order valence-corrected chi connectivity index (χ3v) is 3.18. The van der Waals surface area contributed by atoms with E-state index in [1.165, 1.54) is 24.3 Å². The van der Waals surface area contributed by atoms with E-state index in [2.05, 4.69) is 0 Å². The van der Waals surface area contributed by atoms with Crippen LogP contribution >= 0.6 is 23.4 Å². The number of halogens is 4. The standard InChI is InChI=1S/C11H12ClF3O2S/c12-6-5-9(16)10(17)7-1-3-8(4-2-7)18-11(13,14)15/h1-4,9-10,16-17H,5-6H2. The first-order chi connectivity index (χ1) is 8.33. The highest BCUT2D eigenvalue weighted by Gasteiger charge is 2.29. The molecule has 2 atom stereocenters. The highest BCUT2D eigenvalue weighted by atomic mass is 35.5. The quantitative estimate of drug-likeness (QED) is 0.647. The Kier molecular flexibility index (Phi) is 5.78. The zero-order chi connectivity index (χ0) is 13.8. The number of alkyl halides is 4. The van der Waals surface area contributed by atoms with E-state index in [-0.39, 0.29) is 29.0 Å². The van der Waals surface area contributed by atoms with Crippen molar-refractivity contribution in [3.05, 3.63) is 29.8 Å². The van der Waals surface area contributed by atoms with Crippen molar-refractivity contribution in [2.24, 2.45) is 0 Å². The van der Waals surface area contributed by atoms with Gasteiger partial charge in [0.1, 0.15) is 6.10 Å². The minimum atomic E-state index is -4.34. The van der Waals surface area contributed by atoms with Crippen molar-refractivity contribution in [2.75, 3.05) is 5.88 Å². The molecule has 2 unspecified atom stereocenters. The first kappa shape index (κ1) is 15.6. The molecule has 1 aromatic carbocycles. The van der Waals surface area contributed by atoms with Gasteiger partial charge in [-0.2, -0.15) is 13.2 Å². The zero-order valence-corrected chi connectivity index (χ0v) is 10.8. The topological polar surface area (TPSA) is 40.5 Å². The molecule has 0 fully saturated rings. The predicted octanol–water partition coefficient (Wildman–Crippen LogP) is 3.32. The number of thioether (sulfide) groups is 1. The van der Waals surface area contributed by atoms with Crippen LogP contribution < -0.4 is 0 Å². The van der Waals surface area contributed by atoms with E-state index < -0.39 is 17.7 Å². The van der Waals surface area contributed by atoms with Crippen molar-refractivity contribution in [1.82, 2.24) is 0 Å². The molecule has 0 heterocycles. The van der Waals surface area contributed by atoms with Gasteiger partial charge in [0.2, 0.25) is 0 Å². The van der Waals surface area contributed by atoms with Crippen LogP contribution in [0.25, 0.3) is 0 Å². The Morgan fingerprint density at radius 2 is 1.72 bits per heavy atom.